The lowest BCUT2D eigenvalue weighted by molar-refractivity contribution is -0.121. The van der Waals surface area contributed by atoms with Crippen molar-refractivity contribution in [2.75, 3.05) is 0 Å². The summed E-state index contributed by atoms with van der Waals surface area (Å²) in [5, 5.41) is -0.650. The molecule has 108 valence electrons. The van der Waals surface area contributed by atoms with Crippen molar-refractivity contribution in [3.8, 4) is 0 Å². The summed E-state index contributed by atoms with van der Waals surface area (Å²) in [6, 6.07) is 6.84. The molecule has 1 aromatic carbocycles. The molecule has 0 aliphatic heterocycles. The first-order valence-corrected chi connectivity index (χ1v) is 8.36. The number of allylic oxidation sites excluding steroid dienone is 2. The molecular weight excluding hydrogens is 272 g/mol. The van der Waals surface area contributed by atoms with Crippen LogP contribution in [0.1, 0.15) is 25.8 Å². The van der Waals surface area contributed by atoms with Gasteiger partial charge in [-0.25, -0.2) is 8.42 Å². The summed E-state index contributed by atoms with van der Waals surface area (Å²) in [5.41, 5.74) is 1.02. The van der Waals surface area contributed by atoms with Crippen molar-refractivity contribution < 1.29 is 13.2 Å². The normalized spacial score (nSPS) is 26.4. The van der Waals surface area contributed by atoms with Crippen LogP contribution in [0.15, 0.2) is 41.3 Å². The van der Waals surface area contributed by atoms with Gasteiger partial charge in [-0.1, -0.05) is 36.8 Å². The minimum absolute atomic E-state index is 0.0357. The van der Waals surface area contributed by atoms with Crippen LogP contribution in [0.5, 0.6) is 0 Å². The largest absolute Gasteiger partial charge is 0.300 e. The van der Waals surface area contributed by atoms with Crippen LogP contribution in [0.3, 0.4) is 0 Å². The lowest BCUT2D eigenvalue weighted by Gasteiger charge is -2.31. The van der Waals surface area contributed by atoms with Crippen molar-refractivity contribution in [2.24, 2.45) is 11.8 Å². The van der Waals surface area contributed by atoms with E-state index < -0.39 is 21.0 Å². The van der Waals surface area contributed by atoms with E-state index in [1.165, 1.54) is 6.92 Å². The van der Waals surface area contributed by atoms with Gasteiger partial charge in [0.05, 0.1) is 10.1 Å². The molecule has 20 heavy (non-hydrogen) atoms. The number of Topliss-reactive ketones (excluding diaryl/α,β-unsaturated/α-hetero) is 1. The van der Waals surface area contributed by atoms with Gasteiger partial charge >= 0.3 is 0 Å². The van der Waals surface area contributed by atoms with Crippen molar-refractivity contribution in [2.45, 2.75) is 37.3 Å². The number of ketones is 1. The third-order valence-electron chi connectivity index (χ3n) is 3.99. The molecule has 4 heteroatoms. The van der Waals surface area contributed by atoms with Crippen LogP contribution in [0.25, 0.3) is 0 Å². The molecule has 0 heterocycles. The van der Waals surface area contributed by atoms with Crippen molar-refractivity contribution in [1.29, 1.82) is 0 Å². The molecule has 0 N–H and O–H groups in total. The molecule has 1 unspecified atom stereocenters. The summed E-state index contributed by atoms with van der Waals surface area (Å²) in [5.74, 6) is -0.541. The van der Waals surface area contributed by atoms with E-state index in [-0.39, 0.29) is 11.7 Å². The Balaban J connectivity index is 2.44. The van der Waals surface area contributed by atoms with Gasteiger partial charge in [-0.2, -0.15) is 0 Å². The Bertz CT molecular complexity index is 626. The quantitative estimate of drug-likeness (QED) is 0.805. The van der Waals surface area contributed by atoms with Crippen LogP contribution in [0.2, 0.25) is 0 Å². The van der Waals surface area contributed by atoms with Crippen LogP contribution in [-0.2, 0) is 14.6 Å². The highest BCUT2D eigenvalue weighted by Gasteiger charge is 2.40. The number of hydrogen-bond acceptors (Lipinski definition) is 3. The van der Waals surface area contributed by atoms with Crippen molar-refractivity contribution in [3.05, 3.63) is 42.0 Å². The minimum atomic E-state index is -3.48. The molecule has 0 amide bonds. The number of benzene rings is 1. The predicted molar refractivity (Wildman–Crippen MR) is 79.2 cm³/mol. The molecule has 3 nitrogen and oxygen atoms in total. The molecule has 2 rings (SSSR count). The molecule has 1 aliphatic carbocycles. The topological polar surface area (TPSA) is 51.2 Å². The van der Waals surface area contributed by atoms with Gasteiger partial charge in [0.2, 0.25) is 0 Å². The van der Waals surface area contributed by atoms with Gasteiger partial charge < -0.3 is 0 Å². The molecule has 1 aromatic rings. The molecule has 0 fully saturated rings. The second-order valence-electron chi connectivity index (χ2n) is 5.56. The summed E-state index contributed by atoms with van der Waals surface area (Å²) >= 11 is 0. The first-order valence-electron chi connectivity index (χ1n) is 6.81. The molecule has 0 radical (unpaired) electrons. The summed E-state index contributed by atoms with van der Waals surface area (Å²) in [6.45, 7) is 5.30. The van der Waals surface area contributed by atoms with E-state index >= 15 is 0 Å². The molecule has 0 spiro atoms. The number of sulfone groups is 1. The van der Waals surface area contributed by atoms with Crippen molar-refractivity contribution in [1.82, 2.24) is 0 Å². The summed E-state index contributed by atoms with van der Waals surface area (Å²) in [4.78, 5) is 12.2. The fourth-order valence-corrected chi connectivity index (χ4v) is 4.94. The lowest BCUT2D eigenvalue weighted by Crippen LogP contribution is -2.39. The van der Waals surface area contributed by atoms with Crippen LogP contribution in [0, 0.1) is 18.8 Å². The molecule has 0 saturated heterocycles. The fourth-order valence-electron chi connectivity index (χ4n) is 2.89. The van der Waals surface area contributed by atoms with Crippen LogP contribution in [-0.4, -0.2) is 19.5 Å². The van der Waals surface area contributed by atoms with E-state index in [2.05, 4.69) is 0 Å². The van der Waals surface area contributed by atoms with Gasteiger partial charge in [0.1, 0.15) is 5.78 Å². The summed E-state index contributed by atoms with van der Waals surface area (Å²) in [7, 11) is -3.48. The molecule has 0 bridgehead atoms. The average molecular weight is 292 g/mol. The fraction of sp³-hybridized carbons (Fsp3) is 0.438. The van der Waals surface area contributed by atoms with E-state index in [0.29, 0.717) is 11.3 Å². The number of rotatable bonds is 3. The zero-order chi connectivity index (χ0) is 14.9. The van der Waals surface area contributed by atoms with E-state index in [1.54, 1.807) is 24.3 Å². The predicted octanol–water partition coefficient (Wildman–Crippen LogP) is 2.94. The second kappa shape index (κ2) is 5.52. The second-order valence-corrected chi connectivity index (χ2v) is 7.72. The first kappa shape index (κ1) is 15.0. The van der Waals surface area contributed by atoms with Gasteiger partial charge in [0, 0.05) is 5.92 Å². The Morgan fingerprint density at radius 2 is 1.80 bits per heavy atom. The third-order valence-corrected chi connectivity index (χ3v) is 6.20. The molecule has 0 saturated carbocycles. The lowest BCUT2D eigenvalue weighted by atomic mass is 9.82. The average Bonchev–Trinajstić information content (AvgIpc) is 2.38. The molecular formula is C16H20O3S. The Labute approximate surface area is 120 Å². The first-order chi connectivity index (χ1) is 9.34. The van der Waals surface area contributed by atoms with E-state index in [0.717, 1.165) is 5.56 Å². The van der Waals surface area contributed by atoms with Crippen molar-refractivity contribution >= 4 is 15.6 Å². The maximum atomic E-state index is 12.8. The SMILES string of the molecule is CC(=O)[C@@H]1C(C)C=CC[C@H]1S(=O)(=O)c1ccc(C)cc1. The highest BCUT2D eigenvalue weighted by molar-refractivity contribution is 7.92. The Morgan fingerprint density at radius 3 is 2.35 bits per heavy atom. The van der Waals surface area contributed by atoms with Gasteiger partial charge in [0.15, 0.2) is 9.84 Å². The maximum Gasteiger partial charge on any atom is 0.182 e. The maximum absolute atomic E-state index is 12.8. The summed E-state index contributed by atoms with van der Waals surface area (Å²) in [6.07, 6.45) is 4.22. The van der Waals surface area contributed by atoms with Crippen molar-refractivity contribution in [3.63, 3.8) is 0 Å². The Hall–Kier alpha value is -1.42. The smallest absolute Gasteiger partial charge is 0.182 e. The van der Waals surface area contributed by atoms with Crippen LogP contribution >= 0.6 is 0 Å². The molecule has 1 aliphatic rings. The highest BCUT2D eigenvalue weighted by atomic mass is 32.2. The van der Waals surface area contributed by atoms with E-state index in [4.69, 9.17) is 0 Å². The molecule has 0 aromatic heterocycles. The monoisotopic (exact) mass is 292 g/mol. The van der Waals surface area contributed by atoms with Crippen LogP contribution in [0.4, 0.5) is 0 Å². The van der Waals surface area contributed by atoms with Crippen LogP contribution < -0.4 is 0 Å². The highest BCUT2D eigenvalue weighted by Crippen LogP contribution is 2.34. The number of carbonyl (C=O) groups excluding carboxylic acids is 1. The summed E-state index contributed by atoms with van der Waals surface area (Å²) < 4.78 is 25.5. The van der Waals surface area contributed by atoms with Gasteiger partial charge in [-0.05, 0) is 38.3 Å². The number of carbonyl (C=O) groups is 1. The van der Waals surface area contributed by atoms with E-state index in [9.17, 15) is 13.2 Å². The Morgan fingerprint density at radius 1 is 1.20 bits per heavy atom. The standard InChI is InChI=1S/C16H20O3S/c1-11-7-9-14(10-8-11)20(18,19)15-6-4-5-12(2)16(15)13(3)17/h4-5,7-10,12,15-16H,6H2,1-3H3/t12?,15-,16+/m1/s1. The number of aryl methyl sites for hydroxylation is 1. The van der Waals surface area contributed by atoms with E-state index in [1.807, 2.05) is 26.0 Å². The Kier molecular flexibility index (Phi) is 4.14. The zero-order valence-corrected chi connectivity index (χ0v) is 12.9. The van der Waals surface area contributed by atoms with Gasteiger partial charge in [0.25, 0.3) is 0 Å². The van der Waals surface area contributed by atoms with Gasteiger partial charge in [-0.3, -0.25) is 4.79 Å². The zero-order valence-electron chi connectivity index (χ0n) is 12.0. The third kappa shape index (κ3) is 2.70. The minimum Gasteiger partial charge on any atom is -0.300 e. The number of hydrogen-bond donors (Lipinski definition) is 0. The molecule has 3 atom stereocenters. The van der Waals surface area contributed by atoms with Gasteiger partial charge in [-0.15, -0.1) is 0 Å².